The summed E-state index contributed by atoms with van der Waals surface area (Å²) in [5.74, 6) is 23.3. The molecule has 716 valence electrons. The molecule has 20 fully saturated rings. The summed E-state index contributed by atoms with van der Waals surface area (Å²) in [5, 5.41) is 73.6. The molecule has 0 aromatic carbocycles. The van der Waals surface area contributed by atoms with E-state index in [4.69, 9.17) is 0 Å². The number of aliphatic hydroxyl groups is 7. The van der Waals surface area contributed by atoms with Crippen LogP contribution in [0.15, 0.2) is 60.8 Å². The van der Waals surface area contributed by atoms with E-state index in [1.54, 1.807) is 0 Å². The Morgan fingerprint density at radius 2 is 0.508 bits per heavy atom. The molecule has 0 saturated heterocycles. The normalized spacial score (nSPS) is 54.3. The van der Waals surface area contributed by atoms with Crippen molar-refractivity contribution in [2.24, 2.45) is 227 Å². The fourth-order valence-electron chi connectivity index (χ4n) is 41.4. The summed E-state index contributed by atoms with van der Waals surface area (Å²) in [6.07, 6.45) is 48.0. The fraction of sp³-hybridized carbons (Fsp3) is 0.915. The Kier molecular flexibility index (Phi) is 27.2. The highest BCUT2D eigenvalue weighted by molar-refractivity contribution is 9.09. The molecule has 0 aliphatic heterocycles. The Balaban J connectivity index is 0.000000116. The quantitative estimate of drug-likeness (QED) is 0.0948. The van der Waals surface area contributed by atoms with Crippen molar-refractivity contribution >= 4 is 15.9 Å². The van der Waals surface area contributed by atoms with Gasteiger partial charge in [0.05, 0.1) is 41.2 Å². The molecule has 0 aromatic rings. The van der Waals surface area contributed by atoms with Crippen LogP contribution < -0.4 is 0 Å². The predicted octanol–water partition coefficient (Wildman–Crippen LogP) is 28.3. The standard InChI is InChI=1S/C24H39BrO.C24H40O2.C24H40O.C23H38O2.C22H35FO/c2*1-15(14-25)19-6-7-20-18-12-22(2,3)21-13-23(4,26)10-8-17(21)16(18)9-11-24(19,20)5;1-15(2)19-7-8-20-18-13-22(3,4)21-14-23(5,25)11-9-17(21)16(18)10-12-24(19,20)6;1-14-11-18-16(17-7-9-22(3,25)12-19(14)17)8-10-23(4)20(15(2)13-24)5-6-21(18)23;1-13(2)18-5-6-19-16-11-20(23)17-12-21(3,24)9-7-15(17)14(16)8-10-22(18,19)4/h16-21,26H,1,6-14H2,2-5H3;16-21,25-26H,1,6-14H2,2-5H3;16-21,25H,1,7-14H2,2-6H3;14,16-21,24-25H,2,5-13H2,1,3-4H3;14-20,24H,1,5-12H2,2-4H3/t3*16-,17-,18-,19-,20+,21+,23-,24-;14-,16-,17-,18-,19-,20-,21+,22-,23-;14-,15-,16-,17+,18-,19+,20-,21-,22-/m11111/s1. The van der Waals surface area contributed by atoms with E-state index in [1.165, 1.54) is 197 Å². The van der Waals surface area contributed by atoms with Crippen molar-refractivity contribution in [1.29, 1.82) is 0 Å². The zero-order valence-corrected chi connectivity index (χ0v) is 85.9. The largest absolute Gasteiger partial charge is 0.392 e. The van der Waals surface area contributed by atoms with Crippen molar-refractivity contribution in [3.63, 3.8) is 0 Å². The summed E-state index contributed by atoms with van der Waals surface area (Å²) >= 11 is 3.69. The number of halogens is 2. The summed E-state index contributed by atoms with van der Waals surface area (Å²) in [5.41, 5.74) is 7.17. The van der Waals surface area contributed by atoms with E-state index in [9.17, 15) is 35.7 Å². The molecule has 0 spiro atoms. The average Bonchev–Trinajstić information content (AvgIpc) is 1.33. The van der Waals surface area contributed by atoms with Gasteiger partial charge in [0.15, 0.2) is 0 Å². The molecule has 0 aromatic heterocycles. The van der Waals surface area contributed by atoms with Gasteiger partial charge in [-0.25, -0.2) is 4.39 Å². The average molecular weight is 1810 g/mol. The first-order valence-electron chi connectivity index (χ1n) is 54.1. The number of alkyl halides is 2. The third-order valence-corrected chi connectivity index (χ3v) is 47.9. The van der Waals surface area contributed by atoms with Crippen LogP contribution in [0.4, 0.5) is 4.39 Å². The second kappa shape index (κ2) is 35.1. The minimum Gasteiger partial charge on any atom is -0.392 e. The number of allylic oxidation sites excluding steroid dienone is 3. The Labute approximate surface area is 779 Å². The van der Waals surface area contributed by atoms with Gasteiger partial charge in [0, 0.05) is 5.33 Å². The van der Waals surface area contributed by atoms with E-state index in [1.807, 2.05) is 6.92 Å². The summed E-state index contributed by atoms with van der Waals surface area (Å²) in [6.45, 7) is 66.7. The zero-order chi connectivity index (χ0) is 91.3. The molecule has 0 heterocycles. The smallest absolute Gasteiger partial charge is 0.104 e. The maximum absolute atomic E-state index is 15.1. The molecule has 20 rings (SSSR count). The molecule has 7 nitrogen and oxygen atoms in total. The van der Waals surface area contributed by atoms with Gasteiger partial charge in [-0.15, -0.1) is 0 Å². The van der Waals surface area contributed by atoms with E-state index in [0.29, 0.717) is 103 Å². The summed E-state index contributed by atoms with van der Waals surface area (Å²) < 4.78 is 15.1. The number of rotatable bonds is 8. The molecule has 42 atom stereocenters. The monoisotopic (exact) mass is 1810 g/mol. The van der Waals surface area contributed by atoms with Crippen molar-refractivity contribution in [1.82, 2.24) is 0 Å². The van der Waals surface area contributed by atoms with Crippen LogP contribution in [-0.2, 0) is 0 Å². The van der Waals surface area contributed by atoms with Gasteiger partial charge in [0.2, 0.25) is 0 Å². The summed E-state index contributed by atoms with van der Waals surface area (Å²) in [4.78, 5) is 0. The maximum atomic E-state index is 15.1. The Morgan fingerprint density at radius 1 is 0.270 bits per heavy atom. The molecule has 20 aliphatic carbocycles. The summed E-state index contributed by atoms with van der Waals surface area (Å²) in [7, 11) is 0. The van der Waals surface area contributed by atoms with Gasteiger partial charge in [-0.2, -0.15) is 0 Å². The lowest BCUT2D eigenvalue weighted by Gasteiger charge is -2.61. The molecule has 0 unspecified atom stereocenters. The molecule has 9 heteroatoms. The molecular formula is C117H192BrFO7. The van der Waals surface area contributed by atoms with Crippen LogP contribution in [-0.4, -0.2) is 88.5 Å². The number of aliphatic hydroxyl groups excluding tert-OH is 2. The third kappa shape index (κ3) is 17.4. The van der Waals surface area contributed by atoms with Gasteiger partial charge < -0.3 is 35.7 Å². The maximum Gasteiger partial charge on any atom is 0.104 e. The highest BCUT2D eigenvalue weighted by Gasteiger charge is 2.68. The summed E-state index contributed by atoms with van der Waals surface area (Å²) in [6, 6.07) is 0. The van der Waals surface area contributed by atoms with Crippen molar-refractivity contribution < 1.29 is 40.1 Å². The SMILES string of the molecule is C=C(C)[C@H]1CC[C@H]2[C@@H]3CC(C)(C)[C@H]4C[C@](C)(O)CC[C@@H]4[C@H]3CC[C@]12C.C=C(C)[C@H]1CC[C@H]2[C@@H]3C[C@@H](F)[C@H]4C[C@](C)(O)CC[C@@H]4[C@H]3CC[C@]12C.C=C(CBr)[C@H]1CC[C@H]2[C@@H]3CC(C)(C)[C@H]4C[C@](C)(O)CC[C@@H]4[C@H]3CC[C@]12C.C=C(CO)[C@H]1CC[C@H]2[C@@H]3CC(C)(C)[C@H]4C[C@](C)(O)CC[C@@H]4[C@H]3CC[C@]12C.C=C(CO)[C@H]1CC[C@H]2[C@@H]3C[C@@H](C)[C@H]4C[C@](C)(O)CC[C@@H]4[C@H]3CC[C@]12C. The van der Waals surface area contributed by atoms with Crippen molar-refractivity contribution in [2.75, 3.05) is 18.5 Å². The van der Waals surface area contributed by atoms with Crippen LogP contribution in [0.3, 0.4) is 0 Å². The first-order chi connectivity index (χ1) is 58.7. The molecule has 0 amide bonds. The minimum atomic E-state index is -0.700. The Morgan fingerprint density at radius 3 is 0.817 bits per heavy atom. The molecule has 126 heavy (non-hydrogen) atoms. The third-order valence-electron chi connectivity index (χ3n) is 47.2. The lowest BCUT2D eigenvalue weighted by atomic mass is 9.44. The number of hydrogen-bond acceptors (Lipinski definition) is 7. The second-order valence-corrected chi connectivity index (χ2v) is 56.4. The molecule has 20 aliphatic rings. The molecular weight excluding hydrogens is 1620 g/mol. The van der Waals surface area contributed by atoms with Crippen LogP contribution in [0.25, 0.3) is 0 Å². The van der Waals surface area contributed by atoms with Gasteiger partial charge in [-0.05, 0) is 543 Å². The predicted molar refractivity (Wildman–Crippen MR) is 523 cm³/mol. The van der Waals surface area contributed by atoms with Gasteiger partial charge >= 0.3 is 0 Å². The second-order valence-electron chi connectivity index (χ2n) is 55.9. The number of hydrogen-bond donors (Lipinski definition) is 7. The number of fused-ring (bicyclic) bond motifs is 25. The topological polar surface area (TPSA) is 142 Å². The van der Waals surface area contributed by atoms with E-state index >= 15 is 4.39 Å². The van der Waals surface area contributed by atoms with E-state index < -0.39 is 34.2 Å². The van der Waals surface area contributed by atoms with Gasteiger partial charge in [-0.3, -0.25) is 0 Å². The van der Waals surface area contributed by atoms with Gasteiger partial charge in [0.1, 0.15) is 6.17 Å². The van der Waals surface area contributed by atoms with Crippen LogP contribution in [0, 0.1) is 227 Å². The van der Waals surface area contributed by atoms with Crippen LogP contribution >= 0.6 is 15.9 Å². The Bertz CT molecular complexity index is 3830. The molecule has 0 radical (unpaired) electrons. The molecule has 0 bridgehead atoms. The minimum absolute atomic E-state index is 0.109. The van der Waals surface area contributed by atoms with Crippen LogP contribution in [0.1, 0.15) is 388 Å². The Hall–Kier alpha value is -1.17. The zero-order valence-electron chi connectivity index (χ0n) is 84.3. The first kappa shape index (κ1) is 97.9. The van der Waals surface area contributed by atoms with Crippen molar-refractivity contribution in [2.45, 2.75) is 423 Å². The van der Waals surface area contributed by atoms with E-state index in [0.717, 1.165) is 211 Å². The van der Waals surface area contributed by atoms with Crippen LogP contribution in [0.5, 0.6) is 0 Å². The fourth-order valence-corrected chi connectivity index (χ4v) is 41.8. The lowest BCUT2D eigenvalue weighted by Crippen LogP contribution is -2.55. The van der Waals surface area contributed by atoms with Gasteiger partial charge in [0.25, 0.3) is 0 Å². The lowest BCUT2D eigenvalue weighted by molar-refractivity contribution is -0.144. The highest BCUT2D eigenvalue weighted by atomic mass is 79.9. The highest BCUT2D eigenvalue weighted by Crippen LogP contribution is 2.75. The van der Waals surface area contributed by atoms with Crippen LogP contribution in [0.2, 0.25) is 0 Å². The van der Waals surface area contributed by atoms with E-state index in [2.05, 4.69) is 173 Å². The van der Waals surface area contributed by atoms with Crippen molar-refractivity contribution in [3.05, 3.63) is 60.8 Å². The van der Waals surface area contributed by atoms with Gasteiger partial charge in [-0.1, -0.05) is 149 Å². The molecule has 7 N–H and O–H groups in total. The van der Waals surface area contributed by atoms with E-state index in [-0.39, 0.29) is 19.1 Å². The first-order valence-corrected chi connectivity index (χ1v) is 55.2. The molecule has 20 saturated carbocycles. The van der Waals surface area contributed by atoms with Crippen molar-refractivity contribution in [3.8, 4) is 0 Å².